The number of alkyl carbamates (subject to hydrolysis) is 1. The fraction of sp³-hybridized carbons (Fsp3) is 0.375. The molecule has 3 N–H and O–H groups in total. The van der Waals surface area contributed by atoms with Gasteiger partial charge in [-0.25, -0.2) is 4.79 Å². The molecule has 0 saturated heterocycles. The van der Waals surface area contributed by atoms with E-state index in [2.05, 4.69) is 10.6 Å². The topological polar surface area (TPSA) is 114 Å². The highest BCUT2D eigenvalue weighted by Gasteiger charge is 2.16. The van der Waals surface area contributed by atoms with Crippen LogP contribution in [0.4, 0.5) is 4.79 Å². The van der Waals surface area contributed by atoms with Crippen LogP contribution >= 0.6 is 0 Å². The molecule has 2 rings (SSSR count). The van der Waals surface area contributed by atoms with E-state index in [9.17, 15) is 14.4 Å². The zero-order chi connectivity index (χ0) is 23.7. The Kier molecular flexibility index (Phi) is 8.63. The minimum absolute atomic E-state index is 0.0920. The number of carbonyl (C=O) groups excluding carboxylic acids is 2. The van der Waals surface area contributed by atoms with Crippen molar-refractivity contribution in [3.8, 4) is 5.75 Å². The Hall–Kier alpha value is -3.55. The van der Waals surface area contributed by atoms with Crippen LogP contribution in [0.15, 0.2) is 48.5 Å². The zero-order valence-corrected chi connectivity index (χ0v) is 18.8. The summed E-state index contributed by atoms with van der Waals surface area (Å²) in [7, 11) is 0. The highest BCUT2D eigenvalue weighted by atomic mass is 16.6. The van der Waals surface area contributed by atoms with Gasteiger partial charge in [0.05, 0.1) is 5.92 Å². The molecule has 8 nitrogen and oxygen atoms in total. The van der Waals surface area contributed by atoms with Gasteiger partial charge >= 0.3 is 12.1 Å². The number of hydrogen-bond donors (Lipinski definition) is 3. The highest BCUT2D eigenvalue weighted by Crippen LogP contribution is 2.14. The van der Waals surface area contributed by atoms with Crippen LogP contribution in [0.5, 0.6) is 5.75 Å². The number of carbonyl (C=O) groups is 3. The number of carboxylic acid groups (broad SMARTS) is 1. The van der Waals surface area contributed by atoms with Gasteiger partial charge in [-0.3, -0.25) is 9.59 Å². The van der Waals surface area contributed by atoms with E-state index in [1.54, 1.807) is 64.1 Å². The number of carboxylic acids is 1. The maximum atomic E-state index is 12.4. The molecule has 32 heavy (non-hydrogen) atoms. The smallest absolute Gasteiger partial charge is 0.407 e. The largest absolute Gasteiger partial charge is 0.493 e. The number of rotatable bonds is 9. The molecule has 172 valence electrons. The molecule has 1 unspecified atom stereocenters. The molecule has 0 saturated carbocycles. The van der Waals surface area contributed by atoms with Crippen molar-refractivity contribution in [2.45, 2.75) is 46.4 Å². The average molecular weight is 443 g/mol. The lowest BCUT2D eigenvalue weighted by atomic mass is 10.1. The van der Waals surface area contributed by atoms with Crippen molar-refractivity contribution in [1.82, 2.24) is 10.6 Å². The lowest BCUT2D eigenvalue weighted by molar-refractivity contribution is -0.142. The number of nitrogens with one attached hydrogen (secondary N) is 2. The van der Waals surface area contributed by atoms with Gasteiger partial charge in [0, 0.05) is 18.7 Å². The summed E-state index contributed by atoms with van der Waals surface area (Å²) in [5, 5.41) is 14.4. The second-order valence-electron chi connectivity index (χ2n) is 8.43. The van der Waals surface area contributed by atoms with Gasteiger partial charge in [0.2, 0.25) is 0 Å². The maximum Gasteiger partial charge on any atom is 0.407 e. The molecule has 0 spiro atoms. The van der Waals surface area contributed by atoms with Gasteiger partial charge < -0.3 is 25.2 Å². The van der Waals surface area contributed by atoms with Crippen molar-refractivity contribution < 1.29 is 29.0 Å². The minimum atomic E-state index is -0.906. The molecule has 1 atom stereocenters. The molecule has 0 heterocycles. The van der Waals surface area contributed by atoms with Crippen LogP contribution in [0, 0.1) is 5.92 Å². The summed E-state index contributed by atoms with van der Waals surface area (Å²) in [6.07, 6.45) is -0.493. The first-order valence-corrected chi connectivity index (χ1v) is 10.3. The molecule has 0 aromatic heterocycles. The normalized spacial score (nSPS) is 11.9. The van der Waals surface area contributed by atoms with Crippen molar-refractivity contribution in [2.24, 2.45) is 5.92 Å². The van der Waals surface area contributed by atoms with Crippen LogP contribution in [-0.2, 0) is 22.6 Å². The van der Waals surface area contributed by atoms with Crippen molar-refractivity contribution in [3.63, 3.8) is 0 Å². The number of hydrogen-bond acceptors (Lipinski definition) is 5. The summed E-state index contributed by atoms with van der Waals surface area (Å²) < 4.78 is 10.6. The van der Waals surface area contributed by atoms with Crippen molar-refractivity contribution in [1.29, 1.82) is 0 Å². The van der Waals surface area contributed by atoms with Gasteiger partial charge in [-0.1, -0.05) is 24.3 Å². The lowest BCUT2D eigenvalue weighted by Gasteiger charge is -2.19. The fourth-order valence-electron chi connectivity index (χ4n) is 2.54. The third-order valence-electron chi connectivity index (χ3n) is 4.35. The van der Waals surface area contributed by atoms with Crippen LogP contribution in [0.1, 0.15) is 49.2 Å². The summed E-state index contributed by atoms with van der Waals surface area (Å²) in [6, 6.07) is 14.0. The fourth-order valence-corrected chi connectivity index (χ4v) is 2.54. The predicted molar refractivity (Wildman–Crippen MR) is 119 cm³/mol. The molecular weight excluding hydrogens is 412 g/mol. The van der Waals surface area contributed by atoms with E-state index in [0.29, 0.717) is 24.4 Å². The molecule has 0 aliphatic rings. The van der Waals surface area contributed by atoms with Gasteiger partial charge in [0.25, 0.3) is 5.91 Å². The Morgan fingerprint density at radius 2 is 1.44 bits per heavy atom. The Morgan fingerprint density at radius 3 is 1.97 bits per heavy atom. The number of amides is 2. The summed E-state index contributed by atoms with van der Waals surface area (Å²) in [5.41, 5.74) is 1.68. The number of benzene rings is 2. The zero-order valence-electron chi connectivity index (χ0n) is 18.8. The maximum absolute atomic E-state index is 12.4. The van der Waals surface area contributed by atoms with Crippen molar-refractivity contribution >= 4 is 18.0 Å². The molecule has 2 aromatic carbocycles. The second-order valence-corrected chi connectivity index (χ2v) is 8.43. The molecule has 0 radical (unpaired) electrons. The third-order valence-corrected chi connectivity index (χ3v) is 4.35. The number of ether oxygens (including phenoxy) is 2. The van der Waals surface area contributed by atoms with Crippen LogP contribution < -0.4 is 15.4 Å². The van der Waals surface area contributed by atoms with Gasteiger partial charge in [0.15, 0.2) is 0 Å². The molecule has 2 aromatic rings. The molecule has 0 aliphatic carbocycles. The van der Waals surface area contributed by atoms with Gasteiger partial charge in [-0.15, -0.1) is 0 Å². The van der Waals surface area contributed by atoms with Crippen LogP contribution in [0.2, 0.25) is 0 Å². The lowest BCUT2D eigenvalue weighted by Crippen LogP contribution is -2.32. The average Bonchev–Trinajstić information content (AvgIpc) is 2.74. The van der Waals surface area contributed by atoms with Crippen LogP contribution in [-0.4, -0.2) is 35.3 Å². The first-order chi connectivity index (χ1) is 15.0. The Bertz CT molecular complexity index is 917. The Balaban J connectivity index is 1.79. The van der Waals surface area contributed by atoms with E-state index < -0.39 is 23.6 Å². The van der Waals surface area contributed by atoms with E-state index in [0.717, 1.165) is 11.1 Å². The summed E-state index contributed by atoms with van der Waals surface area (Å²) in [5.74, 6) is -1.14. The van der Waals surface area contributed by atoms with Crippen LogP contribution in [0.3, 0.4) is 0 Å². The third kappa shape index (κ3) is 8.67. The molecule has 0 aliphatic heterocycles. The van der Waals surface area contributed by atoms with E-state index in [1.165, 1.54) is 0 Å². The highest BCUT2D eigenvalue weighted by molar-refractivity contribution is 5.94. The van der Waals surface area contributed by atoms with Gasteiger partial charge in [-0.2, -0.15) is 0 Å². The summed E-state index contributed by atoms with van der Waals surface area (Å²) >= 11 is 0. The summed E-state index contributed by atoms with van der Waals surface area (Å²) in [6.45, 7) is 7.70. The standard InChI is InChI=1S/C24H30N2O6/c1-16(22(28)29)15-31-20-11-7-18(8-12-20)13-25-21(27)19-9-5-17(6-10-19)14-26-23(30)32-24(2,3)4/h5-12,16H,13-15H2,1-4H3,(H,25,27)(H,26,30)(H,28,29). The molecular formula is C24H30N2O6. The molecule has 8 heteroatoms. The minimum Gasteiger partial charge on any atom is -0.493 e. The number of aliphatic carboxylic acids is 1. The van der Waals surface area contributed by atoms with E-state index >= 15 is 0 Å². The Labute approximate surface area is 187 Å². The van der Waals surface area contributed by atoms with Crippen molar-refractivity contribution in [2.75, 3.05) is 6.61 Å². The first-order valence-electron chi connectivity index (χ1n) is 10.3. The predicted octanol–water partition coefficient (Wildman–Crippen LogP) is 3.74. The SMILES string of the molecule is CC(COc1ccc(CNC(=O)c2ccc(CNC(=O)OC(C)(C)C)cc2)cc1)C(=O)O. The summed E-state index contributed by atoms with van der Waals surface area (Å²) in [4.78, 5) is 34.9. The van der Waals surface area contributed by atoms with Crippen LogP contribution in [0.25, 0.3) is 0 Å². The van der Waals surface area contributed by atoms with E-state index in [-0.39, 0.29) is 12.5 Å². The quantitative estimate of drug-likeness (QED) is 0.545. The van der Waals surface area contributed by atoms with E-state index in [1.807, 2.05) is 12.1 Å². The van der Waals surface area contributed by atoms with E-state index in [4.69, 9.17) is 14.6 Å². The molecule has 0 bridgehead atoms. The van der Waals surface area contributed by atoms with Gasteiger partial charge in [-0.05, 0) is 63.1 Å². The monoisotopic (exact) mass is 442 g/mol. The molecule has 2 amide bonds. The second kappa shape index (κ2) is 11.2. The Morgan fingerprint density at radius 1 is 0.906 bits per heavy atom. The van der Waals surface area contributed by atoms with Gasteiger partial charge in [0.1, 0.15) is 18.0 Å². The molecule has 0 fully saturated rings. The first kappa shape index (κ1) is 24.7. The van der Waals surface area contributed by atoms with Crippen molar-refractivity contribution in [3.05, 3.63) is 65.2 Å².